The lowest BCUT2D eigenvalue weighted by atomic mass is 10.1. The molecule has 0 fully saturated rings. The van der Waals surface area contributed by atoms with Crippen molar-refractivity contribution in [1.82, 2.24) is 4.90 Å². The van der Waals surface area contributed by atoms with Crippen molar-refractivity contribution in [3.05, 3.63) is 0 Å². The zero-order valence-electron chi connectivity index (χ0n) is 10.8. The van der Waals surface area contributed by atoms with E-state index in [4.69, 9.17) is 11.6 Å². The summed E-state index contributed by atoms with van der Waals surface area (Å²) in [6.45, 7) is 9.42. The van der Waals surface area contributed by atoms with E-state index in [1.54, 1.807) is 0 Å². The van der Waals surface area contributed by atoms with Crippen LogP contribution in [0.15, 0.2) is 0 Å². The molecule has 0 spiro atoms. The summed E-state index contributed by atoms with van der Waals surface area (Å²) in [6.07, 6.45) is 7.65. The second-order valence-corrected chi connectivity index (χ2v) is 4.77. The van der Waals surface area contributed by atoms with Gasteiger partial charge in [-0.2, -0.15) is 0 Å². The number of rotatable bonds is 10. The van der Waals surface area contributed by atoms with Crippen molar-refractivity contribution in [2.75, 3.05) is 19.0 Å². The molecule has 0 aromatic heterocycles. The molecule has 0 saturated carbocycles. The highest BCUT2D eigenvalue weighted by Crippen LogP contribution is 2.08. The molecule has 0 aliphatic heterocycles. The van der Waals surface area contributed by atoms with Crippen LogP contribution in [0.5, 0.6) is 0 Å². The van der Waals surface area contributed by atoms with E-state index < -0.39 is 0 Å². The minimum absolute atomic E-state index is 0.743. The highest BCUT2D eigenvalue weighted by molar-refractivity contribution is 6.17. The summed E-state index contributed by atoms with van der Waals surface area (Å²) >= 11 is 5.68. The Morgan fingerprint density at radius 3 is 2.20 bits per heavy atom. The van der Waals surface area contributed by atoms with E-state index >= 15 is 0 Å². The zero-order valence-corrected chi connectivity index (χ0v) is 11.5. The van der Waals surface area contributed by atoms with Gasteiger partial charge in [0.2, 0.25) is 0 Å². The van der Waals surface area contributed by atoms with Gasteiger partial charge in [0.1, 0.15) is 0 Å². The maximum atomic E-state index is 5.68. The Labute approximate surface area is 101 Å². The van der Waals surface area contributed by atoms with Gasteiger partial charge >= 0.3 is 0 Å². The Morgan fingerprint density at radius 1 is 1.00 bits per heavy atom. The van der Waals surface area contributed by atoms with Gasteiger partial charge in [0, 0.05) is 11.9 Å². The molecule has 0 aromatic rings. The van der Waals surface area contributed by atoms with Crippen LogP contribution in [0.1, 0.15) is 59.3 Å². The first kappa shape index (κ1) is 15.2. The predicted molar refractivity (Wildman–Crippen MR) is 70.8 cm³/mol. The van der Waals surface area contributed by atoms with Crippen molar-refractivity contribution in [2.45, 2.75) is 65.3 Å². The third-order valence-electron chi connectivity index (χ3n) is 3.09. The van der Waals surface area contributed by atoms with Crippen LogP contribution < -0.4 is 0 Å². The first-order chi connectivity index (χ1) is 7.26. The van der Waals surface area contributed by atoms with Gasteiger partial charge in [0.15, 0.2) is 0 Å². The van der Waals surface area contributed by atoms with Crippen LogP contribution in [0.3, 0.4) is 0 Å². The number of unbranched alkanes of at least 4 members (excludes halogenated alkanes) is 3. The van der Waals surface area contributed by atoms with Gasteiger partial charge in [-0.05, 0) is 45.7 Å². The van der Waals surface area contributed by atoms with Crippen LogP contribution in [-0.2, 0) is 0 Å². The van der Waals surface area contributed by atoms with E-state index in [0.29, 0.717) is 0 Å². The maximum Gasteiger partial charge on any atom is 0.0223 e. The fourth-order valence-corrected chi connectivity index (χ4v) is 1.95. The number of alkyl halides is 1. The van der Waals surface area contributed by atoms with Gasteiger partial charge in [-0.3, -0.25) is 0 Å². The summed E-state index contributed by atoms with van der Waals surface area (Å²) in [5.41, 5.74) is 0. The van der Waals surface area contributed by atoms with Crippen molar-refractivity contribution in [1.29, 1.82) is 0 Å². The first-order valence-corrected chi connectivity index (χ1v) is 7.09. The van der Waals surface area contributed by atoms with E-state index in [1.807, 2.05) is 0 Å². The molecule has 0 aliphatic carbocycles. The lowest BCUT2D eigenvalue weighted by Crippen LogP contribution is -2.34. The van der Waals surface area contributed by atoms with E-state index in [2.05, 4.69) is 25.7 Å². The van der Waals surface area contributed by atoms with Gasteiger partial charge in [0.05, 0.1) is 0 Å². The Kier molecular flexibility index (Phi) is 10.9. The molecule has 0 aliphatic rings. The third kappa shape index (κ3) is 8.10. The van der Waals surface area contributed by atoms with Crippen molar-refractivity contribution in [3.8, 4) is 0 Å². The molecular weight excluding hydrogens is 206 g/mol. The standard InChI is InChI=1S/C13H28ClN/c1-4-6-11-15(13(3)5-2)12-9-7-8-10-14/h13H,4-12H2,1-3H3. The highest BCUT2D eigenvalue weighted by Gasteiger charge is 2.10. The summed E-state index contributed by atoms with van der Waals surface area (Å²) < 4.78 is 0. The predicted octanol–water partition coefficient (Wildman–Crippen LogP) is 4.30. The molecule has 0 rings (SSSR count). The number of hydrogen-bond acceptors (Lipinski definition) is 1. The minimum Gasteiger partial charge on any atom is -0.301 e. The number of halogens is 1. The average Bonchev–Trinajstić information content (AvgIpc) is 2.27. The second-order valence-electron chi connectivity index (χ2n) is 4.40. The molecule has 0 saturated heterocycles. The molecule has 0 radical (unpaired) electrons. The van der Waals surface area contributed by atoms with Crippen LogP contribution in [0.25, 0.3) is 0 Å². The Morgan fingerprint density at radius 2 is 1.67 bits per heavy atom. The molecule has 92 valence electrons. The summed E-state index contributed by atoms with van der Waals surface area (Å²) in [6, 6.07) is 0.743. The Balaban J connectivity index is 3.69. The third-order valence-corrected chi connectivity index (χ3v) is 3.36. The molecule has 2 heteroatoms. The van der Waals surface area contributed by atoms with Crippen molar-refractivity contribution >= 4 is 11.6 Å². The van der Waals surface area contributed by atoms with Gasteiger partial charge in [-0.1, -0.05) is 26.7 Å². The molecule has 1 nitrogen and oxygen atoms in total. The quantitative estimate of drug-likeness (QED) is 0.402. The average molecular weight is 234 g/mol. The SMILES string of the molecule is CCCCN(CCCCCCl)C(C)CC. The zero-order chi connectivity index (χ0) is 11.5. The molecular formula is C13H28ClN. The van der Waals surface area contributed by atoms with Crippen molar-refractivity contribution < 1.29 is 0 Å². The van der Waals surface area contributed by atoms with Crippen molar-refractivity contribution in [2.24, 2.45) is 0 Å². The molecule has 0 amide bonds. The molecule has 1 unspecified atom stereocenters. The fraction of sp³-hybridized carbons (Fsp3) is 1.00. The summed E-state index contributed by atoms with van der Waals surface area (Å²) in [4.78, 5) is 2.64. The summed E-state index contributed by atoms with van der Waals surface area (Å²) in [7, 11) is 0. The summed E-state index contributed by atoms with van der Waals surface area (Å²) in [5, 5.41) is 0. The van der Waals surface area contributed by atoms with E-state index in [0.717, 1.165) is 11.9 Å². The van der Waals surface area contributed by atoms with Gasteiger partial charge in [-0.25, -0.2) is 0 Å². The first-order valence-electron chi connectivity index (χ1n) is 6.56. The van der Waals surface area contributed by atoms with Crippen LogP contribution >= 0.6 is 11.6 Å². The van der Waals surface area contributed by atoms with Crippen LogP contribution in [0.4, 0.5) is 0 Å². The lowest BCUT2D eigenvalue weighted by molar-refractivity contribution is 0.197. The molecule has 1 atom stereocenters. The van der Waals surface area contributed by atoms with Crippen LogP contribution in [0, 0.1) is 0 Å². The fourth-order valence-electron chi connectivity index (χ4n) is 1.76. The Hall–Kier alpha value is 0.250. The van der Waals surface area contributed by atoms with E-state index in [-0.39, 0.29) is 0 Å². The number of hydrogen-bond donors (Lipinski definition) is 0. The molecule has 0 bridgehead atoms. The minimum atomic E-state index is 0.743. The van der Waals surface area contributed by atoms with E-state index in [9.17, 15) is 0 Å². The Bertz CT molecular complexity index is 128. The van der Waals surface area contributed by atoms with Gasteiger partial charge in [0.25, 0.3) is 0 Å². The van der Waals surface area contributed by atoms with E-state index in [1.165, 1.54) is 51.6 Å². The molecule has 0 N–H and O–H groups in total. The normalized spacial score (nSPS) is 13.4. The summed E-state index contributed by atoms with van der Waals surface area (Å²) in [5.74, 6) is 0.818. The molecule has 0 aromatic carbocycles. The second kappa shape index (κ2) is 10.8. The monoisotopic (exact) mass is 233 g/mol. The van der Waals surface area contributed by atoms with Crippen LogP contribution in [0.2, 0.25) is 0 Å². The van der Waals surface area contributed by atoms with Crippen LogP contribution in [-0.4, -0.2) is 29.9 Å². The van der Waals surface area contributed by atoms with Gasteiger partial charge < -0.3 is 4.90 Å². The lowest BCUT2D eigenvalue weighted by Gasteiger charge is -2.28. The largest absolute Gasteiger partial charge is 0.301 e. The molecule has 15 heavy (non-hydrogen) atoms. The van der Waals surface area contributed by atoms with Gasteiger partial charge in [-0.15, -0.1) is 11.6 Å². The number of nitrogens with zero attached hydrogens (tertiary/aromatic N) is 1. The topological polar surface area (TPSA) is 3.24 Å². The van der Waals surface area contributed by atoms with Crippen molar-refractivity contribution in [3.63, 3.8) is 0 Å². The highest BCUT2D eigenvalue weighted by atomic mass is 35.5. The smallest absolute Gasteiger partial charge is 0.0223 e. The maximum absolute atomic E-state index is 5.68. The molecule has 0 heterocycles.